The third-order valence-electron chi connectivity index (χ3n) is 3.12. The standard InChI is InChI=1S/C18H10O3/c19-12-15-4-1-2-7-16(15)17(20)9-8-13-5-3-6-14-10-11-21-18(13)14/h1-7,10-12H. The van der Waals surface area contributed by atoms with Crippen LogP contribution in [0.2, 0.25) is 0 Å². The normalized spacial score (nSPS) is 9.90. The van der Waals surface area contributed by atoms with Crippen LogP contribution in [0.1, 0.15) is 26.3 Å². The van der Waals surface area contributed by atoms with Crippen molar-refractivity contribution in [1.82, 2.24) is 0 Å². The van der Waals surface area contributed by atoms with Crippen molar-refractivity contribution >= 4 is 23.0 Å². The van der Waals surface area contributed by atoms with Gasteiger partial charge in [0.15, 0.2) is 6.29 Å². The van der Waals surface area contributed by atoms with Crippen LogP contribution < -0.4 is 0 Å². The van der Waals surface area contributed by atoms with E-state index in [-0.39, 0.29) is 5.78 Å². The van der Waals surface area contributed by atoms with E-state index in [2.05, 4.69) is 11.8 Å². The van der Waals surface area contributed by atoms with E-state index >= 15 is 0 Å². The maximum Gasteiger partial charge on any atom is 0.236 e. The number of fused-ring (bicyclic) bond motifs is 1. The van der Waals surface area contributed by atoms with Gasteiger partial charge >= 0.3 is 0 Å². The Bertz CT molecular complexity index is 891. The molecule has 0 saturated heterocycles. The Labute approximate surface area is 121 Å². The quantitative estimate of drug-likeness (QED) is 0.408. The molecule has 0 unspecified atom stereocenters. The molecule has 0 atom stereocenters. The van der Waals surface area contributed by atoms with Crippen molar-refractivity contribution < 1.29 is 14.0 Å². The summed E-state index contributed by atoms with van der Waals surface area (Å²) in [4.78, 5) is 23.0. The van der Waals surface area contributed by atoms with Gasteiger partial charge in [-0.05, 0) is 24.1 Å². The number of carbonyl (C=O) groups is 2. The van der Waals surface area contributed by atoms with Gasteiger partial charge in [0.2, 0.25) is 5.78 Å². The van der Waals surface area contributed by atoms with E-state index < -0.39 is 0 Å². The molecule has 1 aromatic heterocycles. The Morgan fingerprint density at radius 3 is 2.76 bits per heavy atom. The fourth-order valence-electron chi connectivity index (χ4n) is 2.09. The molecule has 0 aliphatic heterocycles. The molecule has 0 fully saturated rings. The van der Waals surface area contributed by atoms with Crippen LogP contribution in [0.3, 0.4) is 0 Å². The van der Waals surface area contributed by atoms with E-state index in [1.807, 2.05) is 18.2 Å². The Morgan fingerprint density at radius 2 is 1.90 bits per heavy atom. The minimum Gasteiger partial charge on any atom is -0.463 e. The molecule has 3 aromatic rings. The SMILES string of the molecule is O=Cc1ccccc1C(=O)C#Cc1cccc2ccoc12. The Kier molecular flexibility index (Phi) is 3.36. The first-order chi connectivity index (χ1) is 10.3. The summed E-state index contributed by atoms with van der Waals surface area (Å²) in [7, 11) is 0. The van der Waals surface area contributed by atoms with Crippen LogP contribution >= 0.6 is 0 Å². The highest BCUT2D eigenvalue weighted by Crippen LogP contribution is 2.18. The van der Waals surface area contributed by atoms with Gasteiger partial charge in [-0.15, -0.1) is 0 Å². The van der Waals surface area contributed by atoms with E-state index in [0.29, 0.717) is 28.6 Å². The number of carbonyl (C=O) groups excluding carboxylic acids is 2. The smallest absolute Gasteiger partial charge is 0.236 e. The zero-order valence-electron chi connectivity index (χ0n) is 11.0. The molecule has 3 rings (SSSR count). The lowest BCUT2D eigenvalue weighted by atomic mass is 10.0. The van der Waals surface area contributed by atoms with Crippen LogP contribution in [0.5, 0.6) is 0 Å². The molecule has 0 amide bonds. The zero-order valence-corrected chi connectivity index (χ0v) is 11.0. The van der Waals surface area contributed by atoms with Gasteiger partial charge in [0.1, 0.15) is 5.58 Å². The highest BCUT2D eigenvalue weighted by Gasteiger charge is 2.08. The average molecular weight is 274 g/mol. The van der Waals surface area contributed by atoms with Crippen molar-refractivity contribution in [3.05, 3.63) is 71.5 Å². The third-order valence-corrected chi connectivity index (χ3v) is 3.12. The van der Waals surface area contributed by atoms with Gasteiger partial charge in [-0.25, -0.2) is 0 Å². The second-order valence-electron chi connectivity index (χ2n) is 4.43. The first-order valence-electron chi connectivity index (χ1n) is 6.36. The predicted octanol–water partition coefficient (Wildman–Crippen LogP) is 3.48. The van der Waals surface area contributed by atoms with Crippen molar-refractivity contribution in [2.75, 3.05) is 0 Å². The summed E-state index contributed by atoms with van der Waals surface area (Å²) in [6, 6.07) is 14.0. The van der Waals surface area contributed by atoms with E-state index in [0.717, 1.165) is 5.39 Å². The molecule has 0 spiro atoms. The lowest BCUT2D eigenvalue weighted by molar-refractivity contribution is 0.104. The van der Waals surface area contributed by atoms with Gasteiger partial charge in [0, 0.05) is 16.5 Å². The van der Waals surface area contributed by atoms with E-state index in [9.17, 15) is 9.59 Å². The number of Topliss-reactive ketones (excluding diaryl/α,β-unsaturated/α-hetero) is 1. The number of benzene rings is 2. The van der Waals surface area contributed by atoms with Crippen LogP contribution in [0.15, 0.2) is 59.2 Å². The van der Waals surface area contributed by atoms with Crippen LogP contribution in [-0.2, 0) is 0 Å². The largest absolute Gasteiger partial charge is 0.463 e. The molecule has 3 nitrogen and oxygen atoms in total. The van der Waals surface area contributed by atoms with Crippen molar-refractivity contribution in [3.8, 4) is 11.8 Å². The summed E-state index contributed by atoms with van der Waals surface area (Å²) in [5, 5.41) is 0.933. The molecule has 21 heavy (non-hydrogen) atoms. The zero-order chi connectivity index (χ0) is 14.7. The molecule has 0 bridgehead atoms. The fraction of sp³-hybridized carbons (Fsp3) is 0. The Morgan fingerprint density at radius 1 is 1.05 bits per heavy atom. The first-order valence-corrected chi connectivity index (χ1v) is 6.36. The highest BCUT2D eigenvalue weighted by atomic mass is 16.3. The van der Waals surface area contributed by atoms with Crippen molar-refractivity contribution in [2.45, 2.75) is 0 Å². The summed E-state index contributed by atoms with van der Waals surface area (Å²) < 4.78 is 5.36. The lowest BCUT2D eigenvalue weighted by Crippen LogP contribution is -2.00. The molecule has 2 aromatic carbocycles. The van der Waals surface area contributed by atoms with Gasteiger partial charge in [0.25, 0.3) is 0 Å². The molecule has 100 valence electrons. The van der Waals surface area contributed by atoms with Crippen LogP contribution in [0.4, 0.5) is 0 Å². The Hall–Kier alpha value is -3.12. The van der Waals surface area contributed by atoms with Crippen molar-refractivity contribution in [2.24, 2.45) is 0 Å². The van der Waals surface area contributed by atoms with E-state index in [1.54, 1.807) is 36.6 Å². The maximum absolute atomic E-state index is 12.1. The molecule has 0 aliphatic rings. The minimum absolute atomic E-state index is 0.312. The number of hydrogen-bond donors (Lipinski definition) is 0. The molecular weight excluding hydrogens is 264 g/mol. The molecule has 1 heterocycles. The summed E-state index contributed by atoms with van der Waals surface area (Å²) in [6.07, 6.45) is 2.24. The number of ketones is 1. The summed E-state index contributed by atoms with van der Waals surface area (Å²) in [5.74, 6) is 4.99. The first kappa shape index (κ1) is 12.9. The second-order valence-corrected chi connectivity index (χ2v) is 4.43. The maximum atomic E-state index is 12.1. The number of furan rings is 1. The van der Waals surface area contributed by atoms with Gasteiger partial charge in [0.05, 0.1) is 11.8 Å². The number of para-hydroxylation sites is 1. The van der Waals surface area contributed by atoms with Crippen LogP contribution in [0, 0.1) is 11.8 Å². The third kappa shape index (κ3) is 2.47. The van der Waals surface area contributed by atoms with Crippen molar-refractivity contribution in [3.63, 3.8) is 0 Å². The van der Waals surface area contributed by atoms with E-state index in [4.69, 9.17) is 4.42 Å². The molecule has 0 N–H and O–H groups in total. The van der Waals surface area contributed by atoms with Gasteiger partial charge < -0.3 is 4.42 Å². The van der Waals surface area contributed by atoms with E-state index in [1.165, 1.54) is 0 Å². The van der Waals surface area contributed by atoms with Gasteiger partial charge in [-0.3, -0.25) is 9.59 Å². The fourth-order valence-corrected chi connectivity index (χ4v) is 2.09. The highest BCUT2D eigenvalue weighted by molar-refractivity contribution is 6.13. The number of hydrogen-bond acceptors (Lipinski definition) is 3. The van der Waals surface area contributed by atoms with Crippen LogP contribution in [-0.4, -0.2) is 12.1 Å². The number of rotatable bonds is 2. The molecular formula is C18H10O3. The Balaban J connectivity index is 1.99. The lowest BCUT2D eigenvalue weighted by Gasteiger charge is -1.97. The summed E-state index contributed by atoms with van der Waals surface area (Å²) in [5.41, 5.74) is 1.95. The van der Waals surface area contributed by atoms with Gasteiger partial charge in [-0.1, -0.05) is 36.3 Å². The van der Waals surface area contributed by atoms with Crippen molar-refractivity contribution in [1.29, 1.82) is 0 Å². The summed E-state index contributed by atoms with van der Waals surface area (Å²) >= 11 is 0. The summed E-state index contributed by atoms with van der Waals surface area (Å²) in [6.45, 7) is 0. The average Bonchev–Trinajstić information content (AvgIpc) is 3.01. The molecule has 0 radical (unpaired) electrons. The minimum atomic E-state index is -0.388. The molecule has 0 saturated carbocycles. The number of aldehydes is 1. The molecule has 0 aliphatic carbocycles. The van der Waals surface area contributed by atoms with Gasteiger partial charge in [-0.2, -0.15) is 0 Å². The topological polar surface area (TPSA) is 47.3 Å². The molecule has 3 heteroatoms. The second kappa shape index (κ2) is 5.48. The monoisotopic (exact) mass is 274 g/mol. The van der Waals surface area contributed by atoms with Crippen LogP contribution in [0.25, 0.3) is 11.0 Å². The predicted molar refractivity (Wildman–Crippen MR) is 79.3 cm³/mol.